The molecule has 0 bridgehead atoms. The first-order chi connectivity index (χ1) is 15.1. The van der Waals surface area contributed by atoms with Crippen molar-refractivity contribution in [3.8, 4) is 5.75 Å². The Labute approximate surface area is 198 Å². The van der Waals surface area contributed by atoms with Crippen molar-refractivity contribution >= 4 is 35.2 Å². The standard InChI is InChI=1S/C23H27Cl2N3O4/c1-23(2,3)32-22(30)28-10-8-17(9-11-28)31-20-12-19(26-14-18(20)25)21(29)27-13-15-4-6-16(24)7-5-15/h4-7,12,14,17H,8-11,13H2,1-3H3,(H,27,29). The molecule has 0 spiro atoms. The van der Waals surface area contributed by atoms with Crippen LogP contribution in [0.2, 0.25) is 10.0 Å². The Bertz CT molecular complexity index is 953. The Balaban J connectivity index is 1.55. The highest BCUT2D eigenvalue weighted by Gasteiger charge is 2.28. The molecular weight excluding hydrogens is 453 g/mol. The molecule has 1 aliphatic rings. The molecule has 1 saturated heterocycles. The number of carbonyl (C=O) groups is 2. The van der Waals surface area contributed by atoms with Gasteiger partial charge in [-0.05, 0) is 38.5 Å². The normalized spacial score (nSPS) is 14.7. The topological polar surface area (TPSA) is 80.8 Å². The van der Waals surface area contributed by atoms with Crippen molar-refractivity contribution in [2.45, 2.75) is 51.9 Å². The quantitative estimate of drug-likeness (QED) is 0.645. The third-order valence-electron chi connectivity index (χ3n) is 4.81. The number of aromatic nitrogens is 1. The lowest BCUT2D eigenvalue weighted by Gasteiger charge is -2.33. The van der Waals surface area contributed by atoms with Gasteiger partial charge in [0.1, 0.15) is 28.2 Å². The summed E-state index contributed by atoms with van der Waals surface area (Å²) in [5, 5.41) is 3.79. The van der Waals surface area contributed by atoms with Gasteiger partial charge in [0.15, 0.2) is 0 Å². The van der Waals surface area contributed by atoms with E-state index in [1.165, 1.54) is 6.20 Å². The van der Waals surface area contributed by atoms with E-state index < -0.39 is 5.60 Å². The molecule has 1 N–H and O–H groups in total. The number of halogens is 2. The second-order valence-electron chi connectivity index (χ2n) is 8.59. The van der Waals surface area contributed by atoms with E-state index in [0.717, 1.165) is 5.56 Å². The van der Waals surface area contributed by atoms with Crippen LogP contribution in [-0.2, 0) is 11.3 Å². The van der Waals surface area contributed by atoms with Crippen LogP contribution in [0.5, 0.6) is 5.75 Å². The van der Waals surface area contributed by atoms with Crippen LogP contribution in [0, 0.1) is 0 Å². The van der Waals surface area contributed by atoms with Gasteiger partial charge in [0, 0.05) is 43.6 Å². The Kier molecular flexibility index (Phi) is 7.85. The summed E-state index contributed by atoms with van der Waals surface area (Å²) in [5.41, 5.74) is 0.606. The van der Waals surface area contributed by atoms with E-state index in [-0.39, 0.29) is 23.8 Å². The van der Waals surface area contributed by atoms with E-state index >= 15 is 0 Å². The molecule has 9 heteroatoms. The Morgan fingerprint density at radius 3 is 2.44 bits per heavy atom. The summed E-state index contributed by atoms with van der Waals surface area (Å²) >= 11 is 12.1. The maximum absolute atomic E-state index is 12.5. The maximum atomic E-state index is 12.5. The van der Waals surface area contributed by atoms with Crippen LogP contribution in [0.15, 0.2) is 36.5 Å². The highest BCUT2D eigenvalue weighted by molar-refractivity contribution is 6.32. The fourth-order valence-electron chi connectivity index (χ4n) is 3.17. The van der Waals surface area contributed by atoms with E-state index in [0.29, 0.717) is 48.3 Å². The molecule has 1 fully saturated rings. The maximum Gasteiger partial charge on any atom is 0.410 e. The summed E-state index contributed by atoms with van der Waals surface area (Å²) in [4.78, 5) is 30.5. The third kappa shape index (κ3) is 7.00. The van der Waals surface area contributed by atoms with Gasteiger partial charge >= 0.3 is 6.09 Å². The highest BCUT2D eigenvalue weighted by atomic mass is 35.5. The predicted octanol–water partition coefficient (Wildman–Crippen LogP) is 5.10. The zero-order valence-corrected chi connectivity index (χ0v) is 19.9. The fraction of sp³-hybridized carbons (Fsp3) is 0.435. The van der Waals surface area contributed by atoms with Crippen molar-refractivity contribution < 1.29 is 19.1 Å². The number of hydrogen-bond acceptors (Lipinski definition) is 5. The number of likely N-dealkylation sites (tertiary alicyclic amines) is 1. The Morgan fingerprint density at radius 1 is 1.16 bits per heavy atom. The van der Waals surface area contributed by atoms with Gasteiger partial charge in [-0.3, -0.25) is 4.79 Å². The lowest BCUT2D eigenvalue weighted by Crippen LogP contribution is -2.44. The van der Waals surface area contributed by atoms with Crippen LogP contribution in [0.4, 0.5) is 4.79 Å². The molecule has 3 rings (SSSR count). The van der Waals surface area contributed by atoms with E-state index in [4.69, 9.17) is 32.7 Å². The van der Waals surface area contributed by atoms with Crippen molar-refractivity contribution in [2.75, 3.05) is 13.1 Å². The van der Waals surface area contributed by atoms with Gasteiger partial charge in [0.05, 0.1) is 6.20 Å². The molecule has 0 unspecified atom stereocenters. The number of nitrogens with one attached hydrogen (secondary N) is 1. The second-order valence-corrected chi connectivity index (χ2v) is 9.44. The lowest BCUT2D eigenvalue weighted by atomic mass is 10.1. The minimum absolute atomic E-state index is 0.126. The molecule has 0 saturated carbocycles. The first kappa shape index (κ1) is 24.1. The molecule has 0 aliphatic carbocycles. The van der Waals surface area contributed by atoms with Crippen LogP contribution in [0.3, 0.4) is 0 Å². The number of benzene rings is 1. The number of pyridine rings is 1. The molecule has 2 aromatic rings. The van der Waals surface area contributed by atoms with E-state index in [9.17, 15) is 9.59 Å². The molecule has 2 amide bonds. The van der Waals surface area contributed by atoms with Gasteiger partial charge in [0.25, 0.3) is 5.91 Å². The Hall–Kier alpha value is -2.51. The number of ether oxygens (including phenoxy) is 2. The summed E-state index contributed by atoms with van der Waals surface area (Å²) in [6.07, 6.45) is 2.23. The monoisotopic (exact) mass is 479 g/mol. The summed E-state index contributed by atoms with van der Waals surface area (Å²) < 4.78 is 11.5. The van der Waals surface area contributed by atoms with Gasteiger partial charge < -0.3 is 19.7 Å². The molecule has 1 aromatic carbocycles. The second kappa shape index (κ2) is 10.4. The number of carbonyl (C=O) groups excluding carboxylic acids is 2. The van der Waals surface area contributed by atoms with Gasteiger partial charge in [-0.1, -0.05) is 35.3 Å². The number of rotatable bonds is 5. The van der Waals surface area contributed by atoms with Gasteiger partial charge in [-0.15, -0.1) is 0 Å². The number of piperidine rings is 1. The Morgan fingerprint density at radius 2 is 1.81 bits per heavy atom. The molecule has 2 heterocycles. The van der Waals surface area contributed by atoms with Crippen LogP contribution < -0.4 is 10.1 Å². The molecule has 7 nitrogen and oxygen atoms in total. The minimum Gasteiger partial charge on any atom is -0.489 e. The number of nitrogens with zero attached hydrogens (tertiary/aromatic N) is 2. The molecule has 0 atom stereocenters. The first-order valence-corrected chi connectivity index (χ1v) is 11.2. The van der Waals surface area contributed by atoms with Gasteiger partial charge in [-0.2, -0.15) is 0 Å². The summed E-state index contributed by atoms with van der Waals surface area (Å²) in [7, 11) is 0. The van der Waals surface area contributed by atoms with Crippen molar-refractivity contribution in [3.63, 3.8) is 0 Å². The minimum atomic E-state index is -0.528. The van der Waals surface area contributed by atoms with Crippen molar-refractivity contribution in [2.24, 2.45) is 0 Å². The lowest BCUT2D eigenvalue weighted by molar-refractivity contribution is 0.0126. The summed E-state index contributed by atoms with van der Waals surface area (Å²) in [6, 6.07) is 8.76. The van der Waals surface area contributed by atoms with Crippen LogP contribution in [0.1, 0.15) is 49.7 Å². The largest absolute Gasteiger partial charge is 0.489 e. The molecule has 172 valence electrons. The molecular formula is C23H27Cl2N3O4. The number of amides is 2. The van der Waals surface area contributed by atoms with Gasteiger partial charge in [0.2, 0.25) is 0 Å². The van der Waals surface area contributed by atoms with Gasteiger partial charge in [-0.25, -0.2) is 9.78 Å². The highest BCUT2D eigenvalue weighted by Crippen LogP contribution is 2.28. The van der Waals surface area contributed by atoms with E-state index in [1.807, 2.05) is 32.9 Å². The summed E-state index contributed by atoms with van der Waals surface area (Å²) in [6.45, 7) is 6.92. The predicted molar refractivity (Wildman–Crippen MR) is 123 cm³/mol. The van der Waals surface area contributed by atoms with Crippen molar-refractivity contribution in [1.82, 2.24) is 15.2 Å². The number of hydrogen-bond donors (Lipinski definition) is 1. The molecule has 1 aromatic heterocycles. The SMILES string of the molecule is CC(C)(C)OC(=O)N1CCC(Oc2cc(C(=O)NCc3ccc(Cl)cc3)ncc2Cl)CC1. The summed E-state index contributed by atoms with van der Waals surface area (Å²) in [5.74, 6) is 0.0650. The average Bonchev–Trinajstić information content (AvgIpc) is 2.74. The average molecular weight is 480 g/mol. The van der Waals surface area contributed by atoms with Crippen LogP contribution in [-0.4, -0.2) is 46.7 Å². The zero-order chi connectivity index (χ0) is 23.3. The molecule has 0 radical (unpaired) electrons. The van der Waals surface area contributed by atoms with Crippen molar-refractivity contribution in [3.05, 3.63) is 57.8 Å². The fourth-order valence-corrected chi connectivity index (χ4v) is 3.45. The van der Waals surface area contributed by atoms with E-state index in [1.54, 1.807) is 23.1 Å². The molecule has 1 aliphatic heterocycles. The zero-order valence-electron chi connectivity index (χ0n) is 18.4. The van der Waals surface area contributed by atoms with E-state index in [2.05, 4.69) is 10.3 Å². The first-order valence-electron chi connectivity index (χ1n) is 10.4. The van der Waals surface area contributed by atoms with Crippen molar-refractivity contribution in [1.29, 1.82) is 0 Å². The van der Waals surface area contributed by atoms with Crippen LogP contribution in [0.25, 0.3) is 0 Å². The molecule has 32 heavy (non-hydrogen) atoms. The third-order valence-corrected chi connectivity index (χ3v) is 5.34. The van der Waals surface area contributed by atoms with Crippen LogP contribution >= 0.6 is 23.2 Å². The smallest absolute Gasteiger partial charge is 0.410 e.